The highest BCUT2D eigenvalue weighted by Crippen LogP contribution is 2.13. The highest BCUT2D eigenvalue weighted by atomic mass is 32.2. The first kappa shape index (κ1) is 17.6. The van der Waals surface area contributed by atoms with Crippen LogP contribution < -0.4 is 5.32 Å². The molecule has 0 aromatic heterocycles. The summed E-state index contributed by atoms with van der Waals surface area (Å²) in [6.07, 6.45) is 0. The van der Waals surface area contributed by atoms with Gasteiger partial charge in [0.25, 0.3) is 5.91 Å². The SMILES string of the molecule is CN(C)C(=O)CS(=O)(=O)c1ccc(C(=O)NCC(=O)O)cc1. The Balaban J connectivity index is 2.86. The van der Waals surface area contributed by atoms with Crippen LogP contribution in [-0.4, -0.2) is 62.6 Å². The van der Waals surface area contributed by atoms with Gasteiger partial charge in [0, 0.05) is 19.7 Å². The van der Waals surface area contributed by atoms with Crippen molar-refractivity contribution in [3.63, 3.8) is 0 Å². The molecule has 22 heavy (non-hydrogen) atoms. The minimum absolute atomic E-state index is 0.0857. The van der Waals surface area contributed by atoms with Gasteiger partial charge in [-0.05, 0) is 24.3 Å². The molecule has 0 saturated heterocycles. The molecule has 8 nitrogen and oxygen atoms in total. The summed E-state index contributed by atoms with van der Waals surface area (Å²) in [7, 11) is -0.885. The molecule has 120 valence electrons. The van der Waals surface area contributed by atoms with E-state index >= 15 is 0 Å². The Bertz CT molecular complexity index is 679. The molecule has 0 spiro atoms. The lowest BCUT2D eigenvalue weighted by Gasteiger charge is -2.10. The Kier molecular flexibility index (Phi) is 5.63. The van der Waals surface area contributed by atoms with Crippen LogP contribution >= 0.6 is 0 Å². The highest BCUT2D eigenvalue weighted by molar-refractivity contribution is 7.92. The first-order chi connectivity index (χ1) is 10.1. The number of carbonyl (C=O) groups is 3. The molecule has 2 N–H and O–H groups in total. The van der Waals surface area contributed by atoms with E-state index in [2.05, 4.69) is 5.32 Å². The van der Waals surface area contributed by atoms with Gasteiger partial charge in [-0.1, -0.05) is 0 Å². The Hall–Kier alpha value is -2.42. The molecule has 0 fully saturated rings. The summed E-state index contributed by atoms with van der Waals surface area (Å²) >= 11 is 0. The molecular formula is C13H16N2O6S. The zero-order valence-electron chi connectivity index (χ0n) is 12.1. The third kappa shape index (κ3) is 4.85. The topological polar surface area (TPSA) is 121 Å². The van der Waals surface area contributed by atoms with Gasteiger partial charge in [-0.25, -0.2) is 8.42 Å². The van der Waals surface area contributed by atoms with Gasteiger partial charge in [-0.15, -0.1) is 0 Å². The van der Waals surface area contributed by atoms with E-state index in [0.29, 0.717) is 0 Å². The molecule has 2 amide bonds. The molecule has 0 heterocycles. The molecule has 0 aliphatic carbocycles. The summed E-state index contributed by atoms with van der Waals surface area (Å²) in [6, 6.07) is 4.91. The highest BCUT2D eigenvalue weighted by Gasteiger charge is 2.20. The van der Waals surface area contributed by atoms with Crippen molar-refractivity contribution in [1.82, 2.24) is 10.2 Å². The smallest absolute Gasteiger partial charge is 0.322 e. The summed E-state index contributed by atoms with van der Waals surface area (Å²) in [4.78, 5) is 34.5. The second kappa shape index (κ2) is 7.03. The van der Waals surface area contributed by atoms with Crippen LogP contribution in [0.4, 0.5) is 0 Å². The fourth-order valence-corrected chi connectivity index (χ4v) is 2.75. The molecule has 1 aromatic carbocycles. The van der Waals surface area contributed by atoms with Crippen molar-refractivity contribution in [2.24, 2.45) is 0 Å². The lowest BCUT2D eigenvalue weighted by atomic mass is 10.2. The lowest BCUT2D eigenvalue weighted by Crippen LogP contribution is -2.30. The van der Waals surface area contributed by atoms with Crippen LogP contribution in [0.25, 0.3) is 0 Å². The van der Waals surface area contributed by atoms with Gasteiger partial charge in [0.2, 0.25) is 5.91 Å². The molecular weight excluding hydrogens is 312 g/mol. The van der Waals surface area contributed by atoms with Gasteiger partial charge in [-0.2, -0.15) is 0 Å². The van der Waals surface area contributed by atoms with E-state index in [0.717, 1.165) is 0 Å². The van der Waals surface area contributed by atoms with Crippen LogP contribution in [0.5, 0.6) is 0 Å². The van der Waals surface area contributed by atoms with Crippen molar-refractivity contribution in [2.75, 3.05) is 26.4 Å². The fourth-order valence-electron chi connectivity index (χ4n) is 1.45. The maximum absolute atomic E-state index is 12.0. The van der Waals surface area contributed by atoms with Crippen molar-refractivity contribution in [1.29, 1.82) is 0 Å². The molecule has 0 aliphatic rings. The second-order valence-corrected chi connectivity index (χ2v) is 6.64. The van der Waals surface area contributed by atoms with E-state index in [4.69, 9.17) is 5.11 Å². The number of amides is 2. The number of sulfone groups is 1. The lowest BCUT2D eigenvalue weighted by molar-refractivity contribution is -0.135. The first-order valence-electron chi connectivity index (χ1n) is 6.16. The Morgan fingerprint density at radius 2 is 1.68 bits per heavy atom. The average Bonchev–Trinajstić information content (AvgIpc) is 2.44. The van der Waals surface area contributed by atoms with Gasteiger partial charge < -0.3 is 15.3 Å². The number of nitrogens with one attached hydrogen (secondary N) is 1. The summed E-state index contributed by atoms with van der Waals surface area (Å²) in [6.45, 7) is -0.532. The molecule has 9 heteroatoms. The zero-order chi connectivity index (χ0) is 16.9. The number of aliphatic carboxylic acids is 1. The predicted molar refractivity (Wildman–Crippen MR) is 77.2 cm³/mol. The number of carboxylic acid groups (broad SMARTS) is 1. The predicted octanol–water partition coefficient (Wildman–Crippen LogP) is -0.637. The van der Waals surface area contributed by atoms with Crippen LogP contribution in [0.3, 0.4) is 0 Å². The maximum atomic E-state index is 12.0. The van der Waals surface area contributed by atoms with Gasteiger partial charge in [0.15, 0.2) is 9.84 Å². The number of hydrogen-bond acceptors (Lipinski definition) is 5. The van der Waals surface area contributed by atoms with Crippen molar-refractivity contribution in [3.05, 3.63) is 29.8 Å². The third-order valence-corrected chi connectivity index (χ3v) is 4.31. The molecule has 0 unspecified atom stereocenters. The van der Waals surface area contributed by atoms with Crippen molar-refractivity contribution in [2.45, 2.75) is 4.90 Å². The number of benzene rings is 1. The average molecular weight is 328 g/mol. The number of nitrogens with zero attached hydrogens (tertiary/aromatic N) is 1. The number of carboxylic acids is 1. The third-order valence-electron chi connectivity index (χ3n) is 2.69. The van der Waals surface area contributed by atoms with Crippen LogP contribution in [-0.2, 0) is 19.4 Å². The van der Waals surface area contributed by atoms with Gasteiger partial charge in [0.05, 0.1) is 4.90 Å². The van der Waals surface area contributed by atoms with E-state index in [1.807, 2.05) is 0 Å². The van der Waals surface area contributed by atoms with Crippen LogP contribution in [0.15, 0.2) is 29.2 Å². The molecule has 0 aliphatic heterocycles. The fraction of sp³-hybridized carbons (Fsp3) is 0.308. The minimum Gasteiger partial charge on any atom is -0.480 e. The van der Waals surface area contributed by atoms with E-state index in [-0.39, 0.29) is 10.5 Å². The van der Waals surface area contributed by atoms with Crippen LogP contribution in [0, 0.1) is 0 Å². The second-order valence-electron chi connectivity index (χ2n) is 4.65. The van der Waals surface area contributed by atoms with Crippen molar-refractivity contribution in [3.8, 4) is 0 Å². The van der Waals surface area contributed by atoms with Gasteiger partial charge in [-0.3, -0.25) is 14.4 Å². The monoisotopic (exact) mass is 328 g/mol. The number of rotatable bonds is 6. The maximum Gasteiger partial charge on any atom is 0.322 e. The molecule has 0 bridgehead atoms. The standard InChI is InChI=1S/C13H16N2O6S/c1-15(2)11(16)8-22(20,21)10-5-3-9(4-6-10)13(19)14-7-12(17)18/h3-6H,7-8H2,1-2H3,(H,14,19)(H,17,18). The minimum atomic E-state index is -3.79. The summed E-state index contributed by atoms with van der Waals surface area (Å²) in [5, 5.41) is 10.6. The summed E-state index contributed by atoms with van der Waals surface area (Å²) < 4.78 is 24.0. The van der Waals surface area contributed by atoms with Crippen LogP contribution in [0.2, 0.25) is 0 Å². The van der Waals surface area contributed by atoms with E-state index in [1.54, 1.807) is 0 Å². The van der Waals surface area contributed by atoms with Crippen molar-refractivity contribution < 1.29 is 27.9 Å². The first-order valence-corrected chi connectivity index (χ1v) is 7.81. The van der Waals surface area contributed by atoms with Crippen molar-refractivity contribution >= 4 is 27.6 Å². The Morgan fingerprint density at radius 3 is 2.14 bits per heavy atom. The zero-order valence-corrected chi connectivity index (χ0v) is 12.9. The molecule has 0 radical (unpaired) electrons. The quantitative estimate of drug-likeness (QED) is 0.717. The number of hydrogen-bond donors (Lipinski definition) is 2. The van der Waals surface area contributed by atoms with E-state index < -0.39 is 39.9 Å². The van der Waals surface area contributed by atoms with Gasteiger partial charge >= 0.3 is 5.97 Å². The number of carbonyl (C=O) groups excluding carboxylic acids is 2. The Labute approximate surface area is 127 Å². The summed E-state index contributed by atoms with van der Waals surface area (Å²) in [5.74, 6) is -3.03. The molecule has 0 saturated carbocycles. The normalized spacial score (nSPS) is 10.8. The Morgan fingerprint density at radius 1 is 1.14 bits per heavy atom. The molecule has 1 rings (SSSR count). The summed E-state index contributed by atoms with van der Waals surface area (Å²) in [5.41, 5.74) is 0.124. The largest absolute Gasteiger partial charge is 0.480 e. The molecule has 1 aromatic rings. The van der Waals surface area contributed by atoms with E-state index in [9.17, 15) is 22.8 Å². The van der Waals surface area contributed by atoms with Gasteiger partial charge in [0.1, 0.15) is 12.3 Å². The van der Waals surface area contributed by atoms with E-state index in [1.165, 1.54) is 43.3 Å². The molecule has 0 atom stereocenters. The van der Waals surface area contributed by atoms with Crippen LogP contribution in [0.1, 0.15) is 10.4 Å².